The third-order valence-electron chi connectivity index (χ3n) is 11.4. The number of carbonyl (C=O) groups is 1. The lowest BCUT2D eigenvalue weighted by Crippen LogP contribution is -2.65. The fourth-order valence-corrected chi connectivity index (χ4v) is 9.71. The summed E-state index contributed by atoms with van der Waals surface area (Å²) in [4.78, 5) is 11.5. The van der Waals surface area contributed by atoms with Gasteiger partial charge in [-0.2, -0.15) is 0 Å². The Labute approximate surface area is 194 Å². The Hall–Kier alpha value is -0.650. The second kappa shape index (κ2) is 8.53. The van der Waals surface area contributed by atoms with Crippen LogP contribution in [0.2, 0.25) is 0 Å². The van der Waals surface area contributed by atoms with E-state index in [0.29, 0.717) is 12.3 Å². The van der Waals surface area contributed by atoms with E-state index in [-0.39, 0.29) is 64.5 Å². The van der Waals surface area contributed by atoms with Crippen molar-refractivity contribution in [1.29, 1.82) is 0 Å². The standard InChI is InChI=1S/C27H46O5/c1-6-17-20-12-16(28)9-10-26(20,4)21-13-22(29)27(5)18(14(2)11-15(3)25(31)32)7-8-19(27)23(21)24(17)30/h14-24,28-30H,6-13H2,1-5H3,(H,31,32)/t14-,15+,16-,17-,18?,19+,20+,21+,22+,23+,24-,26+,27-/m1/s1. The highest BCUT2D eigenvalue weighted by atomic mass is 16.4. The van der Waals surface area contributed by atoms with Gasteiger partial charge in [-0.3, -0.25) is 4.79 Å². The van der Waals surface area contributed by atoms with Gasteiger partial charge in [0.15, 0.2) is 0 Å². The van der Waals surface area contributed by atoms with Crippen molar-refractivity contribution in [1.82, 2.24) is 0 Å². The molecule has 0 aliphatic heterocycles. The van der Waals surface area contributed by atoms with Gasteiger partial charge in [0.25, 0.3) is 0 Å². The molecule has 0 bridgehead atoms. The van der Waals surface area contributed by atoms with Crippen molar-refractivity contribution in [2.75, 3.05) is 0 Å². The first kappa shape index (κ1) is 24.5. The molecule has 4 aliphatic carbocycles. The molecule has 0 spiro atoms. The number of aliphatic carboxylic acids is 1. The minimum absolute atomic E-state index is 0.0631. The van der Waals surface area contributed by atoms with E-state index < -0.39 is 12.1 Å². The highest BCUT2D eigenvalue weighted by Crippen LogP contribution is 2.69. The third-order valence-corrected chi connectivity index (χ3v) is 11.4. The molecule has 0 heterocycles. The average molecular weight is 451 g/mol. The lowest BCUT2D eigenvalue weighted by atomic mass is 9.41. The number of hydrogen-bond acceptors (Lipinski definition) is 4. The Balaban J connectivity index is 1.66. The minimum atomic E-state index is -0.743. The van der Waals surface area contributed by atoms with E-state index in [1.54, 1.807) is 6.92 Å². The molecule has 32 heavy (non-hydrogen) atoms. The van der Waals surface area contributed by atoms with Crippen LogP contribution in [0.15, 0.2) is 0 Å². The molecule has 13 atom stereocenters. The summed E-state index contributed by atoms with van der Waals surface area (Å²) >= 11 is 0. The molecular formula is C27H46O5. The van der Waals surface area contributed by atoms with Crippen LogP contribution in [0.3, 0.4) is 0 Å². The summed E-state index contributed by atoms with van der Waals surface area (Å²) in [6.45, 7) is 10.8. The topological polar surface area (TPSA) is 98.0 Å². The smallest absolute Gasteiger partial charge is 0.306 e. The fraction of sp³-hybridized carbons (Fsp3) is 0.963. The Bertz CT molecular complexity index is 710. The summed E-state index contributed by atoms with van der Waals surface area (Å²) in [7, 11) is 0. The zero-order chi connectivity index (χ0) is 23.6. The van der Waals surface area contributed by atoms with Gasteiger partial charge >= 0.3 is 5.97 Å². The summed E-state index contributed by atoms with van der Waals surface area (Å²) in [5.41, 5.74) is -0.205. The molecule has 4 rings (SSSR count). The number of carboxylic acid groups (broad SMARTS) is 1. The van der Waals surface area contributed by atoms with Crippen LogP contribution in [-0.4, -0.2) is 44.7 Å². The monoisotopic (exact) mass is 450 g/mol. The molecule has 184 valence electrons. The highest BCUT2D eigenvalue weighted by Gasteiger charge is 2.67. The van der Waals surface area contributed by atoms with E-state index in [4.69, 9.17) is 0 Å². The number of fused-ring (bicyclic) bond motifs is 5. The van der Waals surface area contributed by atoms with Gasteiger partial charge in [-0.05, 0) is 97.2 Å². The summed E-state index contributed by atoms with van der Waals surface area (Å²) in [6.07, 6.45) is 5.85. The molecule has 4 saturated carbocycles. The van der Waals surface area contributed by atoms with Gasteiger partial charge in [0, 0.05) is 0 Å². The van der Waals surface area contributed by atoms with Crippen molar-refractivity contribution >= 4 is 5.97 Å². The first-order chi connectivity index (χ1) is 15.0. The number of aliphatic hydroxyl groups is 3. The molecule has 5 heteroatoms. The van der Waals surface area contributed by atoms with Crippen LogP contribution in [0, 0.1) is 58.2 Å². The summed E-state index contributed by atoms with van der Waals surface area (Å²) in [5, 5.41) is 43.3. The molecular weight excluding hydrogens is 404 g/mol. The van der Waals surface area contributed by atoms with Crippen molar-refractivity contribution in [2.45, 2.75) is 104 Å². The van der Waals surface area contributed by atoms with E-state index in [2.05, 4.69) is 27.7 Å². The maximum atomic E-state index is 11.8. The van der Waals surface area contributed by atoms with Crippen molar-refractivity contribution in [3.8, 4) is 0 Å². The number of aliphatic hydroxyl groups excluding tert-OH is 3. The zero-order valence-corrected chi connectivity index (χ0v) is 20.7. The lowest BCUT2D eigenvalue weighted by Gasteiger charge is -2.65. The third kappa shape index (κ3) is 3.48. The molecule has 0 aromatic rings. The maximum Gasteiger partial charge on any atom is 0.306 e. The average Bonchev–Trinajstić information content (AvgIpc) is 3.09. The minimum Gasteiger partial charge on any atom is -0.481 e. The van der Waals surface area contributed by atoms with Gasteiger partial charge in [-0.15, -0.1) is 0 Å². The van der Waals surface area contributed by atoms with E-state index in [9.17, 15) is 25.2 Å². The van der Waals surface area contributed by atoms with Gasteiger partial charge in [0.2, 0.25) is 0 Å². The number of hydrogen-bond donors (Lipinski definition) is 4. The predicted octanol–water partition coefficient (Wildman–Crippen LogP) is 4.33. The van der Waals surface area contributed by atoms with Gasteiger partial charge in [-0.1, -0.05) is 41.0 Å². The Morgan fingerprint density at radius 2 is 1.69 bits per heavy atom. The quantitative estimate of drug-likeness (QED) is 0.500. The molecule has 0 radical (unpaired) electrons. The summed E-state index contributed by atoms with van der Waals surface area (Å²) < 4.78 is 0. The molecule has 0 aromatic carbocycles. The van der Waals surface area contributed by atoms with Crippen LogP contribution in [0.5, 0.6) is 0 Å². The van der Waals surface area contributed by atoms with Crippen molar-refractivity contribution in [2.24, 2.45) is 58.2 Å². The second-order valence-corrected chi connectivity index (χ2v) is 12.6. The van der Waals surface area contributed by atoms with Crippen LogP contribution in [0.1, 0.15) is 86.0 Å². The molecule has 1 unspecified atom stereocenters. The number of carboxylic acids is 1. The van der Waals surface area contributed by atoms with Crippen LogP contribution in [-0.2, 0) is 4.79 Å². The van der Waals surface area contributed by atoms with Crippen molar-refractivity contribution in [3.63, 3.8) is 0 Å². The van der Waals surface area contributed by atoms with Crippen LogP contribution >= 0.6 is 0 Å². The molecule has 5 nitrogen and oxygen atoms in total. The SMILES string of the molecule is CC[C@H]1[C@@H](O)[C@@H]2[C@H](C[C@H](O)[C@]3(C)C([C@H](C)C[C@H](C)C(=O)O)CC[C@@H]23)[C@@]2(C)CC[C@@H](O)C[C@@H]12. The maximum absolute atomic E-state index is 11.8. The predicted molar refractivity (Wildman–Crippen MR) is 124 cm³/mol. The summed E-state index contributed by atoms with van der Waals surface area (Å²) in [5.74, 6) is 0.687. The zero-order valence-electron chi connectivity index (χ0n) is 20.7. The fourth-order valence-electron chi connectivity index (χ4n) is 9.71. The Morgan fingerprint density at radius 1 is 1.00 bits per heavy atom. The molecule has 4 aliphatic rings. The molecule has 0 aromatic heterocycles. The van der Waals surface area contributed by atoms with Crippen LogP contribution < -0.4 is 0 Å². The Kier molecular flexibility index (Phi) is 6.53. The van der Waals surface area contributed by atoms with Gasteiger partial charge in [-0.25, -0.2) is 0 Å². The number of rotatable bonds is 5. The van der Waals surface area contributed by atoms with Gasteiger partial charge < -0.3 is 20.4 Å². The Morgan fingerprint density at radius 3 is 2.31 bits per heavy atom. The van der Waals surface area contributed by atoms with Crippen molar-refractivity contribution in [3.05, 3.63) is 0 Å². The first-order valence-electron chi connectivity index (χ1n) is 13.2. The van der Waals surface area contributed by atoms with Gasteiger partial charge in [0.1, 0.15) is 0 Å². The van der Waals surface area contributed by atoms with Crippen LogP contribution in [0.25, 0.3) is 0 Å². The largest absolute Gasteiger partial charge is 0.481 e. The van der Waals surface area contributed by atoms with E-state index in [0.717, 1.165) is 44.9 Å². The normalized spacial score (nSPS) is 52.4. The van der Waals surface area contributed by atoms with E-state index in [1.807, 2.05) is 0 Å². The molecule has 0 saturated heterocycles. The molecule has 0 amide bonds. The van der Waals surface area contributed by atoms with E-state index >= 15 is 0 Å². The highest BCUT2D eigenvalue weighted by molar-refractivity contribution is 5.69. The lowest BCUT2D eigenvalue weighted by molar-refractivity contribution is -0.228. The molecule has 4 fully saturated rings. The molecule has 4 N–H and O–H groups in total. The first-order valence-corrected chi connectivity index (χ1v) is 13.2. The second-order valence-electron chi connectivity index (χ2n) is 12.6. The van der Waals surface area contributed by atoms with Crippen molar-refractivity contribution < 1.29 is 25.2 Å². The van der Waals surface area contributed by atoms with Crippen LogP contribution in [0.4, 0.5) is 0 Å². The van der Waals surface area contributed by atoms with Gasteiger partial charge in [0.05, 0.1) is 24.2 Å². The summed E-state index contributed by atoms with van der Waals surface area (Å²) in [6, 6.07) is 0. The van der Waals surface area contributed by atoms with E-state index in [1.165, 1.54) is 0 Å².